The van der Waals surface area contributed by atoms with Crippen molar-refractivity contribution in [2.75, 3.05) is 6.61 Å². The highest BCUT2D eigenvalue weighted by Crippen LogP contribution is 2.37. The second-order valence-electron chi connectivity index (χ2n) is 7.24. The number of allylic oxidation sites excluding steroid dienone is 2. The molecule has 0 bridgehead atoms. The molecule has 1 aliphatic rings. The van der Waals surface area contributed by atoms with Gasteiger partial charge in [-0.2, -0.15) is 0 Å². The zero-order valence-corrected chi connectivity index (χ0v) is 17.4. The predicted molar refractivity (Wildman–Crippen MR) is 113 cm³/mol. The molecule has 0 spiro atoms. The van der Waals surface area contributed by atoms with Gasteiger partial charge < -0.3 is 9.47 Å². The Morgan fingerprint density at radius 2 is 1.87 bits per heavy atom. The average Bonchev–Trinajstić information content (AvgIpc) is 2.78. The zero-order valence-electron chi connectivity index (χ0n) is 17.4. The van der Waals surface area contributed by atoms with Gasteiger partial charge in [-0.05, 0) is 24.1 Å². The number of hydrogen-bond acceptors (Lipinski definition) is 7. The number of nitro groups is 1. The largest absolute Gasteiger partial charge is 0.462 e. The van der Waals surface area contributed by atoms with Crippen molar-refractivity contribution in [1.82, 2.24) is 5.32 Å². The summed E-state index contributed by atoms with van der Waals surface area (Å²) in [6, 6.07) is 15.5. The number of hydrogen-bond donors (Lipinski definition) is 1. The van der Waals surface area contributed by atoms with Crippen molar-refractivity contribution < 1.29 is 24.0 Å². The second kappa shape index (κ2) is 9.53. The van der Waals surface area contributed by atoms with Crippen molar-refractivity contribution in [2.45, 2.75) is 38.5 Å². The van der Waals surface area contributed by atoms with Crippen LogP contribution < -0.4 is 5.32 Å². The summed E-state index contributed by atoms with van der Waals surface area (Å²) in [5.41, 5.74) is 0.0440. The number of nitrogens with one attached hydrogen (secondary N) is 1. The van der Waals surface area contributed by atoms with Gasteiger partial charge in [0.2, 0.25) is 0 Å². The molecule has 31 heavy (non-hydrogen) atoms. The van der Waals surface area contributed by atoms with Gasteiger partial charge in [0.15, 0.2) is 11.5 Å². The molecule has 2 aromatic rings. The van der Waals surface area contributed by atoms with E-state index in [1.165, 1.54) is 19.1 Å². The van der Waals surface area contributed by atoms with Crippen LogP contribution in [0, 0.1) is 10.1 Å². The zero-order chi connectivity index (χ0) is 22.4. The molecule has 1 heterocycles. The lowest BCUT2D eigenvalue weighted by atomic mass is 9.86. The van der Waals surface area contributed by atoms with Gasteiger partial charge in [-0.25, -0.2) is 4.79 Å². The Labute approximate surface area is 180 Å². The Balaban J connectivity index is 1.97. The van der Waals surface area contributed by atoms with Gasteiger partial charge in [-0.1, -0.05) is 42.5 Å². The lowest BCUT2D eigenvalue weighted by Crippen LogP contribution is -2.57. The van der Waals surface area contributed by atoms with Crippen LogP contribution in [0.2, 0.25) is 0 Å². The summed E-state index contributed by atoms with van der Waals surface area (Å²) in [5.74, 6) is -1.30. The van der Waals surface area contributed by atoms with E-state index in [2.05, 4.69) is 5.32 Å². The summed E-state index contributed by atoms with van der Waals surface area (Å²) in [6.07, 6.45) is 1.80. The van der Waals surface area contributed by atoms with Crippen LogP contribution in [0.4, 0.5) is 5.69 Å². The Kier molecular flexibility index (Phi) is 6.81. The average molecular weight is 424 g/mol. The number of nitrogens with zero attached hydrogens (tertiary/aromatic N) is 1. The van der Waals surface area contributed by atoms with Crippen LogP contribution in [-0.4, -0.2) is 29.0 Å². The minimum Gasteiger partial charge on any atom is -0.462 e. The third kappa shape index (κ3) is 5.16. The van der Waals surface area contributed by atoms with Crippen molar-refractivity contribution in [3.63, 3.8) is 0 Å². The molecular formula is C23H24N2O6. The first-order valence-electron chi connectivity index (χ1n) is 9.97. The number of rotatable bonds is 8. The topological polar surface area (TPSA) is 108 Å². The van der Waals surface area contributed by atoms with E-state index < -0.39 is 16.6 Å². The fourth-order valence-electron chi connectivity index (χ4n) is 3.46. The van der Waals surface area contributed by atoms with Crippen molar-refractivity contribution in [3.05, 3.63) is 87.7 Å². The minimum atomic E-state index is -1.58. The smallest absolute Gasteiger partial charge is 0.366 e. The highest BCUT2D eigenvalue weighted by molar-refractivity contribution is 5.93. The molecule has 8 heteroatoms. The maximum Gasteiger partial charge on any atom is 0.366 e. The van der Waals surface area contributed by atoms with Crippen molar-refractivity contribution >= 4 is 17.4 Å². The third-order valence-corrected chi connectivity index (χ3v) is 5.05. The monoisotopic (exact) mass is 424 g/mol. The van der Waals surface area contributed by atoms with Gasteiger partial charge in [-0.15, -0.1) is 0 Å². The Bertz CT molecular complexity index is 987. The number of benzene rings is 2. The minimum absolute atomic E-state index is 0.0366. The summed E-state index contributed by atoms with van der Waals surface area (Å²) in [6.45, 7) is 3.52. The van der Waals surface area contributed by atoms with E-state index in [0.717, 1.165) is 11.1 Å². The Morgan fingerprint density at radius 3 is 2.45 bits per heavy atom. The summed E-state index contributed by atoms with van der Waals surface area (Å²) < 4.78 is 11.2. The molecule has 2 atom stereocenters. The van der Waals surface area contributed by atoms with Crippen molar-refractivity contribution in [1.29, 1.82) is 0 Å². The maximum absolute atomic E-state index is 13.0. The van der Waals surface area contributed by atoms with Gasteiger partial charge in [0.25, 0.3) is 11.4 Å². The van der Waals surface area contributed by atoms with Crippen LogP contribution in [-0.2, 0) is 25.6 Å². The van der Waals surface area contributed by atoms with E-state index in [0.29, 0.717) is 6.54 Å². The highest BCUT2D eigenvalue weighted by Gasteiger charge is 2.48. The second-order valence-corrected chi connectivity index (χ2v) is 7.24. The van der Waals surface area contributed by atoms with Crippen LogP contribution in [0.25, 0.3) is 0 Å². The van der Waals surface area contributed by atoms with E-state index in [-0.39, 0.29) is 36.2 Å². The van der Waals surface area contributed by atoms with Gasteiger partial charge >= 0.3 is 5.97 Å². The summed E-state index contributed by atoms with van der Waals surface area (Å²) in [7, 11) is 0. The van der Waals surface area contributed by atoms with Crippen molar-refractivity contribution in [2.24, 2.45) is 0 Å². The molecule has 3 rings (SSSR count). The van der Waals surface area contributed by atoms with Crippen LogP contribution in [0.15, 0.2) is 66.4 Å². The summed E-state index contributed by atoms with van der Waals surface area (Å²) >= 11 is 0. The molecule has 0 fully saturated rings. The van der Waals surface area contributed by atoms with E-state index in [4.69, 9.17) is 9.47 Å². The SMILES string of the molecule is CCOC(=O)C1(NCc2ccccc2)CC(c2ccc([N+](=O)[O-])cc2)C=C(C(C)=O)O1. The maximum atomic E-state index is 13.0. The lowest BCUT2D eigenvalue weighted by Gasteiger charge is -2.39. The quantitative estimate of drug-likeness (QED) is 0.392. The Morgan fingerprint density at radius 1 is 1.19 bits per heavy atom. The number of carbonyl (C=O) groups excluding carboxylic acids is 2. The molecule has 0 saturated carbocycles. The number of nitro benzene ring substituents is 1. The lowest BCUT2D eigenvalue weighted by molar-refractivity contribution is -0.384. The number of ether oxygens (including phenoxy) is 2. The number of Topliss-reactive ketones (excluding diaryl/α,β-unsaturated/α-hetero) is 1. The van der Waals surface area contributed by atoms with Crippen LogP contribution in [0.5, 0.6) is 0 Å². The van der Waals surface area contributed by atoms with E-state index in [1.54, 1.807) is 25.1 Å². The molecule has 8 nitrogen and oxygen atoms in total. The fourth-order valence-corrected chi connectivity index (χ4v) is 3.46. The number of carbonyl (C=O) groups is 2. The standard InChI is InChI=1S/C23H24N2O6/c1-3-30-22(27)23(24-15-17-7-5-4-6-8-17)14-19(13-21(31-23)16(2)26)18-9-11-20(12-10-18)25(28)29/h4-13,19,24H,3,14-15H2,1-2H3. The summed E-state index contributed by atoms with van der Waals surface area (Å²) in [5, 5.41) is 14.1. The van der Waals surface area contributed by atoms with Gasteiger partial charge in [0.05, 0.1) is 11.5 Å². The highest BCUT2D eigenvalue weighted by atomic mass is 16.6. The molecule has 0 saturated heterocycles. The third-order valence-electron chi connectivity index (χ3n) is 5.05. The van der Waals surface area contributed by atoms with Crippen LogP contribution >= 0.6 is 0 Å². The molecule has 162 valence electrons. The molecule has 0 aromatic heterocycles. The van der Waals surface area contributed by atoms with Crippen LogP contribution in [0.3, 0.4) is 0 Å². The molecule has 0 aliphatic carbocycles. The van der Waals surface area contributed by atoms with E-state index in [9.17, 15) is 19.7 Å². The van der Waals surface area contributed by atoms with Gasteiger partial charge in [-0.3, -0.25) is 20.2 Å². The molecule has 0 radical (unpaired) electrons. The number of non-ortho nitro benzene ring substituents is 1. The van der Waals surface area contributed by atoms with E-state index >= 15 is 0 Å². The first-order valence-corrected chi connectivity index (χ1v) is 9.97. The predicted octanol–water partition coefficient (Wildman–Crippen LogP) is 3.62. The van der Waals surface area contributed by atoms with E-state index in [1.807, 2.05) is 30.3 Å². The fraction of sp³-hybridized carbons (Fsp3) is 0.304. The number of esters is 1. The molecule has 0 amide bonds. The van der Waals surface area contributed by atoms with Crippen LogP contribution in [0.1, 0.15) is 37.3 Å². The molecule has 1 N–H and O–H groups in total. The van der Waals surface area contributed by atoms with Crippen molar-refractivity contribution in [3.8, 4) is 0 Å². The molecule has 2 aromatic carbocycles. The first kappa shape index (κ1) is 22.2. The molecule has 2 unspecified atom stereocenters. The van der Waals surface area contributed by atoms with Gasteiger partial charge in [0.1, 0.15) is 0 Å². The Hall–Kier alpha value is -3.52. The number of ketones is 1. The molecule has 1 aliphatic heterocycles. The van der Waals surface area contributed by atoms with Gasteiger partial charge in [0, 0.05) is 37.9 Å². The molecular weight excluding hydrogens is 400 g/mol. The normalized spacial score (nSPS) is 20.3. The summed E-state index contributed by atoms with van der Waals surface area (Å²) in [4.78, 5) is 35.7. The first-order chi connectivity index (χ1) is 14.8.